The molecular formula is C16H21N3O3. The smallest absolute Gasteiger partial charge is 0.233 e. The summed E-state index contributed by atoms with van der Waals surface area (Å²) < 4.78 is 16.7. The molecule has 2 aliphatic heterocycles. The van der Waals surface area contributed by atoms with E-state index in [1.54, 1.807) is 7.11 Å². The SMILES string of the molecule is COc1nc(N2CCOCC2)c2c(c1C#N)CC(C)(C)OC2. The Morgan fingerprint density at radius 3 is 2.64 bits per heavy atom. The van der Waals surface area contributed by atoms with Crippen molar-refractivity contribution >= 4 is 5.82 Å². The van der Waals surface area contributed by atoms with Gasteiger partial charge in [0.05, 0.1) is 32.5 Å². The largest absolute Gasteiger partial charge is 0.480 e. The van der Waals surface area contributed by atoms with E-state index in [-0.39, 0.29) is 5.60 Å². The highest BCUT2D eigenvalue weighted by atomic mass is 16.5. The van der Waals surface area contributed by atoms with Crippen LogP contribution in [0.15, 0.2) is 0 Å². The van der Waals surface area contributed by atoms with E-state index in [9.17, 15) is 5.26 Å². The van der Waals surface area contributed by atoms with Gasteiger partial charge in [0.15, 0.2) is 0 Å². The molecule has 6 nitrogen and oxygen atoms in total. The van der Waals surface area contributed by atoms with Crippen LogP contribution in [-0.4, -0.2) is 44.0 Å². The van der Waals surface area contributed by atoms with Gasteiger partial charge in [-0.2, -0.15) is 10.2 Å². The van der Waals surface area contributed by atoms with Gasteiger partial charge >= 0.3 is 0 Å². The van der Waals surface area contributed by atoms with Crippen LogP contribution in [0.3, 0.4) is 0 Å². The lowest BCUT2D eigenvalue weighted by molar-refractivity contribution is -0.0402. The number of ether oxygens (including phenoxy) is 3. The fourth-order valence-corrected chi connectivity index (χ4v) is 3.03. The van der Waals surface area contributed by atoms with E-state index >= 15 is 0 Å². The number of rotatable bonds is 2. The summed E-state index contributed by atoms with van der Waals surface area (Å²) in [6.45, 7) is 7.50. The van der Waals surface area contributed by atoms with Crippen molar-refractivity contribution in [2.45, 2.75) is 32.5 Å². The summed E-state index contributed by atoms with van der Waals surface area (Å²) in [6.07, 6.45) is 0.682. The number of nitrogens with zero attached hydrogens (tertiary/aromatic N) is 3. The van der Waals surface area contributed by atoms with Crippen molar-refractivity contribution in [1.29, 1.82) is 5.26 Å². The fourth-order valence-electron chi connectivity index (χ4n) is 3.03. The third-order valence-corrected chi connectivity index (χ3v) is 4.18. The van der Waals surface area contributed by atoms with Gasteiger partial charge in [-0.25, -0.2) is 0 Å². The number of fused-ring (bicyclic) bond motifs is 1. The lowest BCUT2D eigenvalue weighted by Crippen LogP contribution is -2.39. The summed E-state index contributed by atoms with van der Waals surface area (Å²) in [4.78, 5) is 6.78. The molecule has 0 aromatic carbocycles. The molecule has 0 saturated carbocycles. The van der Waals surface area contributed by atoms with Gasteiger partial charge in [0.2, 0.25) is 5.88 Å². The number of methoxy groups -OCH3 is 1. The maximum absolute atomic E-state index is 9.53. The maximum atomic E-state index is 9.53. The zero-order valence-electron chi connectivity index (χ0n) is 13.3. The van der Waals surface area contributed by atoms with Crippen LogP contribution < -0.4 is 9.64 Å². The molecule has 0 N–H and O–H groups in total. The van der Waals surface area contributed by atoms with Gasteiger partial charge in [0.1, 0.15) is 17.5 Å². The van der Waals surface area contributed by atoms with Gasteiger partial charge in [-0.1, -0.05) is 0 Å². The minimum atomic E-state index is -0.284. The van der Waals surface area contributed by atoms with Crippen LogP contribution in [0.2, 0.25) is 0 Å². The summed E-state index contributed by atoms with van der Waals surface area (Å²) in [7, 11) is 1.56. The molecule has 1 saturated heterocycles. The second kappa shape index (κ2) is 5.75. The van der Waals surface area contributed by atoms with Crippen molar-refractivity contribution in [3.05, 3.63) is 16.7 Å². The fraction of sp³-hybridized carbons (Fsp3) is 0.625. The van der Waals surface area contributed by atoms with E-state index in [0.717, 1.165) is 30.0 Å². The van der Waals surface area contributed by atoms with Crippen LogP contribution >= 0.6 is 0 Å². The van der Waals surface area contributed by atoms with Crippen LogP contribution in [0.25, 0.3) is 0 Å². The van der Waals surface area contributed by atoms with Gasteiger partial charge in [-0.05, 0) is 19.4 Å². The summed E-state index contributed by atoms with van der Waals surface area (Å²) in [6, 6.07) is 2.26. The third kappa shape index (κ3) is 2.62. The number of hydrogen-bond donors (Lipinski definition) is 0. The molecule has 22 heavy (non-hydrogen) atoms. The van der Waals surface area contributed by atoms with E-state index < -0.39 is 0 Å². The summed E-state index contributed by atoms with van der Waals surface area (Å²) in [5.41, 5.74) is 2.27. The molecule has 3 rings (SSSR count). The average molecular weight is 303 g/mol. The lowest BCUT2D eigenvalue weighted by atomic mass is 9.89. The van der Waals surface area contributed by atoms with Crippen LogP contribution in [0.5, 0.6) is 5.88 Å². The highest BCUT2D eigenvalue weighted by Gasteiger charge is 2.33. The molecule has 0 atom stereocenters. The Hall–Kier alpha value is -1.84. The van der Waals surface area contributed by atoms with E-state index in [2.05, 4.69) is 16.0 Å². The van der Waals surface area contributed by atoms with Crippen molar-refractivity contribution < 1.29 is 14.2 Å². The number of hydrogen-bond acceptors (Lipinski definition) is 6. The maximum Gasteiger partial charge on any atom is 0.233 e. The number of nitriles is 1. The highest BCUT2D eigenvalue weighted by Crippen LogP contribution is 2.38. The van der Waals surface area contributed by atoms with E-state index in [0.29, 0.717) is 37.7 Å². The minimum Gasteiger partial charge on any atom is -0.480 e. The number of pyridine rings is 1. The van der Waals surface area contributed by atoms with Crippen LogP contribution in [0.1, 0.15) is 30.5 Å². The zero-order valence-corrected chi connectivity index (χ0v) is 13.3. The van der Waals surface area contributed by atoms with Crippen LogP contribution in [0.4, 0.5) is 5.82 Å². The molecule has 0 unspecified atom stereocenters. The molecule has 118 valence electrons. The molecule has 0 aliphatic carbocycles. The van der Waals surface area contributed by atoms with Crippen molar-refractivity contribution in [1.82, 2.24) is 4.98 Å². The highest BCUT2D eigenvalue weighted by molar-refractivity contribution is 5.61. The van der Waals surface area contributed by atoms with E-state index in [1.165, 1.54) is 0 Å². The lowest BCUT2D eigenvalue weighted by Gasteiger charge is -2.36. The van der Waals surface area contributed by atoms with Gasteiger partial charge in [0, 0.05) is 25.1 Å². The summed E-state index contributed by atoms with van der Waals surface area (Å²) in [5.74, 6) is 1.27. The second-order valence-electron chi connectivity index (χ2n) is 6.21. The number of aromatic nitrogens is 1. The molecule has 1 fully saturated rings. The molecule has 6 heteroatoms. The zero-order chi connectivity index (χ0) is 15.7. The molecule has 1 aromatic rings. The van der Waals surface area contributed by atoms with Gasteiger partial charge in [-0.3, -0.25) is 0 Å². The van der Waals surface area contributed by atoms with E-state index in [4.69, 9.17) is 14.2 Å². The van der Waals surface area contributed by atoms with Crippen LogP contribution in [0, 0.1) is 11.3 Å². The van der Waals surface area contributed by atoms with Crippen molar-refractivity contribution in [2.24, 2.45) is 0 Å². The summed E-state index contributed by atoms with van der Waals surface area (Å²) in [5, 5.41) is 9.53. The standard InChI is InChI=1S/C16H21N3O3/c1-16(2)8-11-12(9-17)15(20-3)18-14(13(11)10-22-16)19-4-6-21-7-5-19/h4-8,10H2,1-3H3. The molecule has 0 spiro atoms. The van der Waals surface area contributed by atoms with Crippen LogP contribution in [-0.2, 0) is 22.5 Å². The Labute approximate surface area is 130 Å². The Kier molecular flexibility index (Phi) is 3.94. The Morgan fingerprint density at radius 2 is 2.00 bits per heavy atom. The first-order valence-corrected chi connectivity index (χ1v) is 7.52. The molecule has 3 heterocycles. The molecule has 1 aromatic heterocycles. The quantitative estimate of drug-likeness (QED) is 0.827. The van der Waals surface area contributed by atoms with Gasteiger partial charge < -0.3 is 19.1 Å². The predicted molar refractivity (Wildman–Crippen MR) is 81.1 cm³/mol. The summed E-state index contributed by atoms with van der Waals surface area (Å²) >= 11 is 0. The molecule has 0 bridgehead atoms. The van der Waals surface area contributed by atoms with Crippen molar-refractivity contribution in [3.63, 3.8) is 0 Å². The monoisotopic (exact) mass is 303 g/mol. The van der Waals surface area contributed by atoms with Gasteiger partial charge in [-0.15, -0.1) is 0 Å². The molecular weight excluding hydrogens is 282 g/mol. The molecule has 0 amide bonds. The first-order chi connectivity index (χ1) is 10.6. The predicted octanol–water partition coefficient (Wildman–Crippen LogP) is 1.65. The second-order valence-corrected chi connectivity index (χ2v) is 6.21. The normalized spacial score (nSPS) is 20.2. The third-order valence-electron chi connectivity index (χ3n) is 4.18. The Bertz CT molecular complexity index is 616. The van der Waals surface area contributed by atoms with Crippen molar-refractivity contribution in [2.75, 3.05) is 38.3 Å². The first-order valence-electron chi connectivity index (χ1n) is 7.52. The molecule has 0 radical (unpaired) electrons. The minimum absolute atomic E-state index is 0.284. The number of anilines is 1. The van der Waals surface area contributed by atoms with Gasteiger partial charge in [0.25, 0.3) is 0 Å². The first kappa shape index (κ1) is 15.1. The Morgan fingerprint density at radius 1 is 1.27 bits per heavy atom. The topological polar surface area (TPSA) is 67.6 Å². The van der Waals surface area contributed by atoms with Crippen molar-refractivity contribution in [3.8, 4) is 11.9 Å². The average Bonchev–Trinajstić information content (AvgIpc) is 2.53. The number of morpholine rings is 1. The molecule has 2 aliphatic rings. The Balaban J connectivity index is 2.13. The van der Waals surface area contributed by atoms with E-state index in [1.807, 2.05) is 13.8 Å².